The minimum Gasteiger partial charge on any atom is -0.309 e. The molecule has 15 heavy (non-hydrogen) atoms. The van der Waals surface area contributed by atoms with Crippen molar-refractivity contribution in [1.82, 2.24) is 10.3 Å². The van der Waals surface area contributed by atoms with Crippen LogP contribution in [0, 0.1) is 12.8 Å². The first-order valence-corrected chi connectivity index (χ1v) is 6.66. The van der Waals surface area contributed by atoms with E-state index in [1.165, 1.54) is 17.7 Å². The van der Waals surface area contributed by atoms with Crippen LogP contribution >= 0.6 is 11.3 Å². The summed E-state index contributed by atoms with van der Waals surface area (Å²) in [6, 6.07) is 0.487. The molecule has 0 fully saturated rings. The Balaban J connectivity index is 2.71. The number of hydrogen-bond donors (Lipinski definition) is 1. The van der Waals surface area contributed by atoms with E-state index >= 15 is 0 Å². The van der Waals surface area contributed by atoms with Gasteiger partial charge in [-0.25, -0.2) is 4.98 Å². The average molecular weight is 226 g/mol. The van der Waals surface area contributed by atoms with Gasteiger partial charge in [0.05, 0.1) is 5.01 Å². The SMILES string of the molecule is CCCNC(c1cnc(C)s1)C(C)CC. The molecular weight excluding hydrogens is 204 g/mol. The fourth-order valence-corrected chi connectivity index (χ4v) is 2.63. The molecule has 0 aliphatic heterocycles. The Bertz CT molecular complexity index is 283. The molecule has 1 N–H and O–H groups in total. The second-order valence-electron chi connectivity index (χ2n) is 4.10. The standard InChI is InChI=1S/C12H22N2S/c1-5-7-13-12(9(3)6-2)11-8-14-10(4)15-11/h8-9,12-13H,5-7H2,1-4H3. The number of aromatic nitrogens is 1. The highest BCUT2D eigenvalue weighted by Crippen LogP contribution is 2.28. The fraction of sp³-hybridized carbons (Fsp3) is 0.750. The molecule has 1 heterocycles. The Hall–Kier alpha value is -0.410. The van der Waals surface area contributed by atoms with Crippen molar-refractivity contribution < 1.29 is 0 Å². The number of thiazole rings is 1. The molecule has 2 atom stereocenters. The molecule has 86 valence electrons. The van der Waals surface area contributed by atoms with E-state index in [-0.39, 0.29) is 0 Å². The number of rotatable bonds is 6. The first-order chi connectivity index (χ1) is 7.19. The van der Waals surface area contributed by atoms with Crippen molar-refractivity contribution in [2.45, 2.75) is 46.6 Å². The van der Waals surface area contributed by atoms with E-state index in [2.05, 4.69) is 38.0 Å². The fourth-order valence-electron chi connectivity index (χ4n) is 1.64. The second-order valence-corrected chi connectivity index (χ2v) is 5.37. The van der Waals surface area contributed by atoms with Gasteiger partial charge >= 0.3 is 0 Å². The van der Waals surface area contributed by atoms with Crippen LogP contribution in [0.5, 0.6) is 0 Å². The van der Waals surface area contributed by atoms with Gasteiger partial charge in [-0.05, 0) is 25.8 Å². The van der Waals surface area contributed by atoms with Crippen LogP contribution in [-0.4, -0.2) is 11.5 Å². The lowest BCUT2D eigenvalue weighted by atomic mass is 9.98. The smallest absolute Gasteiger partial charge is 0.0897 e. The first-order valence-electron chi connectivity index (χ1n) is 5.84. The quantitative estimate of drug-likeness (QED) is 0.802. The van der Waals surface area contributed by atoms with Gasteiger partial charge in [0.2, 0.25) is 0 Å². The molecule has 1 aromatic rings. The molecule has 1 rings (SSSR count). The van der Waals surface area contributed by atoms with E-state index in [1.807, 2.05) is 17.5 Å². The third kappa shape index (κ3) is 3.58. The van der Waals surface area contributed by atoms with Crippen molar-refractivity contribution in [3.63, 3.8) is 0 Å². The highest BCUT2D eigenvalue weighted by molar-refractivity contribution is 7.11. The lowest BCUT2D eigenvalue weighted by molar-refractivity contribution is 0.382. The van der Waals surface area contributed by atoms with Crippen LogP contribution in [0.4, 0.5) is 0 Å². The van der Waals surface area contributed by atoms with Gasteiger partial charge in [-0.2, -0.15) is 0 Å². The summed E-state index contributed by atoms with van der Waals surface area (Å²) in [5.41, 5.74) is 0. The topological polar surface area (TPSA) is 24.9 Å². The Kier molecular flexibility index (Phi) is 5.26. The van der Waals surface area contributed by atoms with Gasteiger partial charge in [0.25, 0.3) is 0 Å². The Labute approximate surface area is 97.1 Å². The molecule has 0 aliphatic rings. The van der Waals surface area contributed by atoms with Gasteiger partial charge < -0.3 is 5.32 Å². The largest absolute Gasteiger partial charge is 0.309 e. The van der Waals surface area contributed by atoms with E-state index in [0.717, 1.165) is 11.6 Å². The summed E-state index contributed by atoms with van der Waals surface area (Å²) in [5.74, 6) is 0.677. The van der Waals surface area contributed by atoms with Crippen LogP contribution in [0.25, 0.3) is 0 Å². The van der Waals surface area contributed by atoms with Crippen molar-refractivity contribution in [2.75, 3.05) is 6.54 Å². The summed E-state index contributed by atoms with van der Waals surface area (Å²) >= 11 is 1.82. The zero-order valence-corrected chi connectivity index (χ0v) is 11.0. The number of nitrogens with zero attached hydrogens (tertiary/aromatic N) is 1. The minimum atomic E-state index is 0.487. The van der Waals surface area contributed by atoms with Gasteiger partial charge in [-0.15, -0.1) is 11.3 Å². The van der Waals surface area contributed by atoms with Crippen LogP contribution in [0.1, 0.15) is 49.5 Å². The highest BCUT2D eigenvalue weighted by atomic mass is 32.1. The maximum atomic E-state index is 4.34. The monoisotopic (exact) mass is 226 g/mol. The molecule has 0 saturated heterocycles. The molecular formula is C12H22N2S. The van der Waals surface area contributed by atoms with Crippen LogP contribution < -0.4 is 5.32 Å². The average Bonchev–Trinajstić information content (AvgIpc) is 2.65. The Morgan fingerprint density at radius 1 is 1.47 bits per heavy atom. The number of nitrogens with one attached hydrogen (secondary N) is 1. The van der Waals surface area contributed by atoms with Gasteiger partial charge in [0.1, 0.15) is 0 Å². The van der Waals surface area contributed by atoms with E-state index in [1.54, 1.807) is 0 Å². The molecule has 0 amide bonds. The summed E-state index contributed by atoms with van der Waals surface area (Å²) in [7, 11) is 0. The van der Waals surface area contributed by atoms with Crippen LogP contribution in [-0.2, 0) is 0 Å². The highest BCUT2D eigenvalue weighted by Gasteiger charge is 2.18. The number of hydrogen-bond acceptors (Lipinski definition) is 3. The molecule has 0 aromatic carbocycles. The summed E-state index contributed by atoms with van der Waals surface area (Å²) in [6.45, 7) is 9.92. The Morgan fingerprint density at radius 3 is 2.67 bits per heavy atom. The second kappa shape index (κ2) is 6.23. The zero-order valence-electron chi connectivity index (χ0n) is 10.2. The van der Waals surface area contributed by atoms with Gasteiger partial charge in [0.15, 0.2) is 0 Å². The predicted octanol–water partition coefficient (Wildman–Crippen LogP) is 3.54. The predicted molar refractivity (Wildman–Crippen MR) is 67.3 cm³/mol. The minimum absolute atomic E-state index is 0.487. The molecule has 2 unspecified atom stereocenters. The molecule has 0 saturated carbocycles. The van der Waals surface area contributed by atoms with E-state index in [4.69, 9.17) is 0 Å². The van der Waals surface area contributed by atoms with E-state index < -0.39 is 0 Å². The molecule has 3 heteroatoms. The first kappa shape index (κ1) is 12.7. The Morgan fingerprint density at radius 2 is 2.20 bits per heavy atom. The molecule has 2 nitrogen and oxygen atoms in total. The normalized spacial score (nSPS) is 15.2. The summed E-state index contributed by atoms with van der Waals surface area (Å²) in [4.78, 5) is 5.73. The van der Waals surface area contributed by atoms with E-state index in [0.29, 0.717) is 12.0 Å². The van der Waals surface area contributed by atoms with Crippen LogP contribution in [0.2, 0.25) is 0 Å². The van der Waals surface area contributed by atoms with Gasteiger partial charge in [-0.1, -0.05) is 27.2 Å². The van der Waals surface area contributed by atoms with Crippen molar-refractivity contribution in [2.24, 2.45) is 5.92 Å². The summed E-state index contributed by atoms with van der Waals surface area (Å²) in [5, 5.41) is 4.78. The van der Waals surface area contributed by atoms with Crippen molar-refractivity contribution in [3.05, 3.63) is 16.1 Å². The summed E-state index contributed by atoms with van der Waals surface area (Å²) in [6.07, 6.45) is 4.42. The molecule has 0 radical (unpaired) electrons. The molecule has 0 aliphatic carbocycles. The van der Waals surface area contributed by atoms with Crippen LogP contribution in [0.15, 0.2) is 6.20 Å². The molecule has 0 spiro atoms. The maximum Gasteiger partial charge on any atom is 0.0897 e. The summed E-state index contributed by atoms with van der Waals surface area (Å²) < 4.78 is 0. The van der Waals surface area contributed by atoms with Crippen molar-refractivity contribution in [3.8, 4) is 0 Å². The lowest BCUT2D eigenvalue weighted by Gasteiger charge is -2.22. The van der Waals surface area contributed by atoms with E-state index in [9.17, 15) is 0 Å². The molecule has 1 aromatic heterocycles. The van der Waals surface area contributed by atoms with Crippen molar-refractivity contribution in [1.29, 1.82) is 0 Å². The zero-order chi connectivity index (χ0) is 11.3. The lowest BCUT2D eigenvalue weighted by Crippen LogP contribution is -2.26. The maximum absolute atomic E-state index is 4.34. The van der Waals surface area contributed by atoms with Crippen molar-refractivity contribution >= 4 is 11.3 Å². The number of aryl methyl sites for hydroxylation is 1. The van der Waals surface area contributed by atoms with Crippen LogP contribution in [0.3, 0.4) is 0 Å². The molecule has 0 bridgehead atoms. The third-order valence-electron chi connectivity index (χ3n) is 2.77. The third-order valence-corrected chi connectivity index (χ3v) is 3.77. The van der Waals surface area contributed by atoms with Gasteiger partial charge in [0, 0.05) is 17.1 Å². The van der Waals surface area contributed by atoms with Gasteiger partial charge in [-0.3, -0.25) is 0 Å².